The van der Waals surface area contributed by atoms with Gasteiger partial charge in [-0.2, -0.15) is 5.10 Å². The number of Topliss-reactive ketones (excluding diaryl/α,β-unsaturated/α-hetero) is 1. The molecule has 1 saturated heterocycles. The van der Waals surface area contributed by atoms with Gasteiger partial charge in [-0.25, -0.2) is 14.1 Å². The number of rotatable bonds is 8. The normalized spacial score (nSPS) is 20.8. The lowest BCUT2D eigenvalue weighted by Gasteiger charge is -2.38. The van der Waals surface area contributed by atoms with Crippen LogP contribution in [0.4, 0.5) is 4.39 Å². The highest BCUT2D eigenvalue weighted by Gasteiger charge is 2.41. The zero-order chi connectivity index (χ0) is 24.2. The molecule has 0 radical (unpaired) electrons. The number of esters is 1. The second-order valence-electron chi connectivity index (χ2n) is 8.55. The number of nitrogens with zero attached hydrogens (tertiary/aromatic N) is 4. The van der Waals surface area contributed by atoms with Gasteiger partial charge in [0.2, 0.25) is 0 Å². The molecule has 180 valence electrons. The van der Waals surface area contributed by atoms with E-state index in [0.717, 1.165) is 18.4 Å². The number of likely N-dealkylation sites (tertiary alicyclic amines) is 1. The molecule has 10 heteroatoms. The van der Waals surface area contributed by atoms with Gasteiger partial charge in [0.25, 0.3) is 0 Å². The average Bonchev–Trinajstić information content (AvgIpc) is 3.57. The van der Waals surface area contributed by atoms with Crippen LogP contribution in [0.5, 0.6) is 0 Å². The maximum absolute atomic E-state index is 14.8. The van der Waals surface area contributed by atoms with Crippen LogP contribution in [0.1, 0.15) is 43.6 Å². The second kappa shape index (κ2) is 10.6. The van der Waals surface area contributed by atoms with Crippen LogP contribution < -0.4 is 0 Å². The summed E-state index contributed by atoms with van der Waals surface area (Å²) in [5, 5.41) is 4.21. The van der Waals surface area contributed by atoms with Crippen LogP contribution in [0.25, 0.3) is 6.08 Å². The van der Waals surface area contributed by atoms with Gasteiger partial charge < -0.3 is 4.74 Å². The first-order valence-electron chi connectivity index (χ1n) is 11.2. The summed E-state index contributed by atoms with van der Waals surface area (Å²) in [6, 6.07) is 5.75. The largest absolute Gasteiger partial charge is 0.468 e. The molecule has 34 heavy (non-hydrogen) atoms. The molecular weight excluding hydrogens is 459 g/mol. The third kappa shape index (κ3) is 5.79. The quantitative estimate of drug-likeness (QED) is 0.526. The van der Waals surface area contributed by atoms with Gasteiger partial charge in [-0.15, -0.1) is 0 Å². The maximum Gasteiger partial charge on any atom is 0.327 e. The summed E-state index contributed by atoms with van der Waals surface area (Å²) in [5.74, 6) is -0.426. The van der Waals surface area contributed by atoms with E-state index in [1.165, 1.54) is 42.9 Å². The van der Waals surface area contributed by atoms with Gasteiger partial charge in [-0.05, 0) is 37.0 Å². The Hall–Kier alpha value is -2.85. The summed E-state index contributed by atoms with van der Waals surface area (Å²) in [6.07, 6.45) is 5.54. The number of hydrogen-bond donors (Lipinski definition) is 0. The van der Waals surface area contributed by atoms with E-state index in [1.54, 1.807) is 24.3 Å². The minimum absolute atomic E-state index is 0.00626. The molecule has 1 saturated carbocycles. The Morgan fingerprint density at radius 3 is 2.71 bits per heavy atom. The topological polar surface area (TPSA) is 94.4 Å². The summed E-state index contributed by atoms with van der Waals surface area (Å²) < 4.78 is 20.8. The molecular formula is C24H27FN4O4S. The van der Waals surface area contributed by atoms with Crippen LogP contribution in [0.15, 0.2) is 36.2 Å². The molecule has 2 aromatic rings. The number of hydrogen-bond acceptors (Lipinski definition) is 8. The minimum atomic E-state index is -0.676. The lowest BCUT2D eigenvalue weighted by atomic mass is 9.93. The van der Waals surface area contributed by atoms with Crippen molar-refractivity contribution in [2.45, 2.75) is 44.0 Å². The predicted octanol–water partition coefficient (Wildman–Crippen LogP) is 3.05. The van der Waals surface area contributed by atoms with Crippen LogP contribution in [-0.4, -0.2) is 62.0 Å². The Bertz CT molecular complexity index is 1110. The first-order chi connectivity index (χ1) is 16.4. The minimum Gasteiger partial charge on any atom is -0.468 e. The Morgan fingerprint density at radius 1 is 1.26 bits per heavy atom. The fourth-order valence-electron chi connectivity index (χ4n) is 4.21. The smallest absolute Gasteiger partial charge is 0.327 e. The standard InChI is InChI=1S/C24H27FN4O4S/c1-15(30)34-20-9-10-28(12-17(20)11-21-26-14-29(27-21)13-22(31)33-2)23(24(32)16-7-8-16)18-5-3-4-6-19(18)25/h3-6,11,14,16,20,23H,7-10,12-13H2,1-2H3/b17-11+. The number of carbonyl (C=O) groups excluding carboxylic acids is 3. The second-order valence-corrected chi connectivity index (χ2v) is 9.93. The van der Waals surface area contributed by atoms with Gasteiger partial charge in [0, 0.05) is 36.7 Å². The van der Waals surface area contributed by atoms with Crippen molar-refractivity contribution < 1.29 is 23.5 Å². The van der Waals surface area contributed by atoms with E-state index in [0.29, 0.717) is 30.9 Å². The van der Waals surface area contributed by atoms with Crippen molar-refractivity contribution in [1.29, 1.82) is 0 Å². The summed E-state index contributed by atoms with van der Waals surface area (Å²) in [5.41, 5.74) is 1.27. The van der Waals surface area contributed by atoms with Crippen LogP contribution in [-0.2, 0) is 25.7 Å². The molecule has 0 amide bonds. The van der Waals surface area contributed by atoms with Crippen molar-refractivity contribution in [2.24, 2.45) is 5.92 Å². The van der Waals surface area contributed by atoms with E-state index in [2.05, 4.69) is 14.8 Å². The number of halogens is 1. The first kappa shape index (κ1) is 24.3. The number of benzene rings is 1. The highest BCUT2D eigenvalue weighted by molar-refractivity contribution is 8.14. The lowest BCUT2D eigenvalue weighted by Crippen LogP contribution is -2.43. The van der Waals surface area contributed by atoms with Gasteiger partial charge in [-0.3, -0.25) is 19.3 Å². The fraction of sp³-hybridized carbons (Fsp3) is 0.458. The van der Waals surface area contributed by atoms with Crippen LogP contribution >= 0.6 is 11.8 Å². The van der Waals surface area contributed by atoms with Gasteiger partial charge in [0.1, 0.15) is 18.7 Å². The van der Waals surface area contributed by atoms with E-state index in [4.69, 9.17) is 0 Å². The monoisotopic (exact) mass is 486 g/mol. The predicted molar refractivity (Wildman–Crippen MR) is 125 cm³/mol. The van der Waals surface area contributed by atoms with E-state index in [-0.39, 0.29) is 28.6 Å². The van der Waals surface area contributed by atoms with Crippen molar-refractivity contribution in [2.75, 3.05) is 20.2 Å². The molecule has 0 N–H and O–H groups in total. The van der Waals surface area contributed by atoms with Gasteiger partial charge in [0.05, 0.1) is 13.2 Å². The van der Waals surface area contributed by atoms with Crippen molar-refractivity contribution in [3.63, 3.8) is 0 Å². The molecule has 2 heterocycles. The van der Waals surface area contributed by atoms with Crippen LogP contribution in [0.3, 0.4) is 0 Å². The number of piperidine rings is 1. The number of aromatic nitrogens is 3. The highest BCUT2D eigenvalue weighted by atomic mass is 32.2. The van der Waals surface area contributed by atoms with E-state index < -0.39 is 17.8 Å². The van der Waals surface area contributed by atoms with E-state index >= 15 is 0 Å². The zero-order valence-electron chi connectivity index (χ0n) is 19.1. The summed E-state index contributed by atoms with van der Waals surface area (Å²) in [6.45, 7) is 2.41. The molecule has 1 aliphatic heterocycles. The third-order valence-electron chi connectivity index (χ3n) is 5.99. The molecule has 0 spiro atoms. The molecule has 1 aromatic heterocycles. The van der Waals surface area contributed by atoms with Crippen molar-refractivity contribution in [3.05, 3.63) is 53.4 Å². The number of methoxy groups -OCH3 is 1. The molecule has 0 bridgehead atoms. The lowest BCUT2D eigenvalue weighted by molar-refractivity contribution is -0.141. The van der Waals surface area contributed by atoms with Crippen molar-refractivity contribution >= 4 is 34.7 Å². The van der Waals surface area contributed by atoms with Gasteiger partial charge >= 0.3 is 5.97 Å². The molecule has 8 nitrogen and oxygen atoms in total. The molecule has 2 fully saturated rings. The SMILES string of the molecule is COC(=O)Cn1cnc(/C=C2\CN(C(C(=O)C3CC3)c3ccccc3F)CCC2SC(C)=O)n1. The molecule has 1 aliphatic carbocycles. The molecule has 2 aliphatic rings. The van der Waals surface area contributed by atoms with E-state index in [1.807, 2.05) is 4.90 Å². The zero-order valence-corrected chi connectivity index (χ0v) is 20.0. The van der Waals surface area contributed by atoms with Crippen LogP contribution in [0, 0.1) is 11.7 Å². The fourth-order valence-corrected chi connectivity index (χ4v) is 5.13. The third-order valence-corrected chi connectivity index (χ3v) is 7.14. The number of ketones is 1. The molecule has 4 rings (SSSR count). The van der Waals surface area contributed by atoms with E-state index in [9.17, 15) is 18.8 Å². The Morgan fingerprint density at radius 2 is 2.03 bits per heavy atom. The highest BCUT2D eigenvalue weighted by Crippen LogP contribution is 2.40. The molecule has 2 atom stereocenters. The Kier molecular flexibility index (Phi) is 7.57. The van der Waals surface area contributed by atoms with Gasteiger partial charge in [0.15, 0.2) is 16.7 Å². The number of ether oxygens (including phenoxy) is 1. The summed E-state index contributed by atoms with van der Waals surface area (Å²) >= 11 is 1.23. The summed E-state index contributed by atoms with van der Waals surface area (Å²) in [7, 11) is 1.30. The number of thioether (sulfide) groups is 1. The Labute approximate surface area is 201 Å². The molecule has 1 aromatic carbocycles. The summed E-state index contributed by atoms with van der Waals surface area (Å²) in [4.78, 5) is 42.9. The molecule has 2 unspecified atom stereocenters. The van der Waals surface area contributed by atoms with Gasteiger partial charge in [-0.1, -0.05) is 30.0 Å². The van der Waals surface area contributed by atoms with Crippen molar-refractivity contribution in [1.82, 2.24) is 19.7 Å². The van der Waals surface area contributed by atoms with Crippen LogP contribution in [0.2, 0.25) is 0 Å². The first-order valence-corrected chi connectivity index (χ1v) is 12.1. The maximum atomic E-state index is 14.8. The Balaban J connectivity index is 1.63. The average molecular weight is 487 g/mol. The number of carbonyl (C=O) groups is 3. The van der Waals surface area contributed by atoms with Crippen molar-refractivity contribution in [3.8, 4) is 0 Å².